The van der Waals surface area contributed by atoms with Gasteiger partial charge in [0.25, 0.3) is 0 Å². The molecule has 2 nitrogen and oxygen atoms in total. The molecule has 2 rings (SSSR count). The smallest absolute Gasteiger partial charge is 0.133 e. The van der Waals surface area contributed by atoms with Crippen molar-refractivity contribution < 1.29 is 4.74 Å². The molecule has 0 radical (unpaired) electrons. The number of rotatable bonds is 4. The minimum Gasteiger partial charge on any atom is -0.496 e. The van der Waals surface area contributed by atoms with Gasteiger partial charge in [0.2, 0.25) is 0 Å². The summed E-state index contributed by atoms with van der Waals surface area (Å²) in [6.45, 7) is 3.18. The third-order valence-electron chi connectivity index (χ3n) is 2.93. The topological polar surface area (TPSA) is 21.3 Å². The first-order valence-corrected chi connectivity index (χ1v) is 6.00. The van der Waals surface area contributed by atoms with Gasteiger partial charge in [0.15, 0.2) is 0 Å². The zero-order valence-corrected chi connectivity index (χ0v) is 10.7. The highest BCUT2D eigenvalue weighted by atomic mass is 79.9. The summed E-state index contributed by atoms with van der Waals surface area (Å²) in [4.78, 5) is 0. The first kappa shape index (κ1) is 11.0. The largest absolute Gasteiger partial charge is 0.496 e. The molecular formula is C12H16BrNO. The van der Waals surface area contributed by atoms with Crippen LogP contribution in [0.4, 0.5) is 0 Å². The molecule has 1 saturated carbocycles. The van der Waals surface area contributed by atoms with E-state index >= 15 is 0 Å². The highest BCUT2D eigenvalue weighted by Crippen LogP contribution is 2.34. The van der Waals surface area contributed by atoms with E-state index in [0.29, 0.717) is 5.54 Å². The average Bonchev–Trinajstić information content (AvgIpc) is 2.96. The number of halogens is 1. The normalized spacial score (nSPS) is 17.5. The fourth-order valence-electron chi connectivity index (χ4n) is 1.49. The van der Waals surface area contributed by atoms with Gasteiger partial charge in [0.05, 0.1) is 11.6 Å². The van der Waals surface area contributed by atoms with Crippen LogP contribution in [0.25, 0.3) is 0 Å². The molecule has 1 aromatic carbocycles. The molecule has 0 saturated heterocycles. The molecule has 0 bridgehead atoms. The van der Waals surface area contributed by atoms with E-state index in [0.717, 1.165) is 16.8 Å². The van der Waals surface area contributed by atoms with Crippen LogP contribution in [0, 0.1) is 0 Å². The van der Waals surface area contributed by atoms with E-state index in [1.807, 2.05) is 6.07 Å². The van der Waals surface area contributed by atoms with E-state index in [9.17, 15) is 0 Å². The molecule has 0 aliphatic heterocycles. The molecule has 0 atom stereocenters. The van der Waals surface area contributed by atoms with Crippen molar-refractivity contribution in [2.75, 3.05) is 7.11 Å². The Bertz CT molecular complexity index is 361. The number of hydrogen-bond acceptors (Lipinski definition) is 2. The predicted molar refractivity (Wildman–Crippen MR) is 65.2 cm³/mol. The van der Waals surface area contributed by atoms with Crippen molar-refractivity contribution in [1.29, 1.82) is 0 Å². The zero-order chi connectivity index (χ0) is 10.9. The molecule has 0 spiro atoms. The lowest BCUT2D eigenvalue weighted by Gasteiger charge is -2.12. The van der Waals surface area contributed by atoms with Crippen LogP contribution in [0.5, 0.6) is 5.75 Å². The third kappa shape index (κ3) is 2.73. The molecule has 82 valence electrons. The Kier molecular flexibility index (Phi) is 3.03. The minimum absolute atomic E-state index is 0.389. The molecule has 1 aromatic rings. The molecule has 1 aliphatic rings. The van der Waals surface area contributed by atoms with Crippen LogP contribution in [0.15, 0.2) is 22.7 Å². The van der Waals surface area contributed by atoms with E-state index in [4.69, 9.17) is 4.74 Å². The molecule has 3 heteroatoms. The van der Waals surface area contributed by atoms with E-state index in [2.05, 4.69) is 40.3 Å². The van der Waals surface area contributed by atoms with Crippen molar-refractivity contribution >= 4 is 15.9 Å². The molecule has 1 fully saturated rings. The first-order valence-electron chi connectivity index (χ1n) is 5.20. The summed E-state index contributed by atoms with van der Waals surface area (Å²) >= 11 is 3.45. The van der Waals surface area contributed by atoms with Crippen molar-refractivity contribution in [2.45, 2.75) is 31.8 Å². The Morgan fingerprint density at radius 3 is 2.80 bits per heavy atom. The number of benzene rings is 1. The summed E-state index contributed by atoms with van der Waals surface area (Å²) < 4.78 is 6.26. The highest BCUT2D eigenvalue weighted by Gasteiger charge is 2.36. The molecule has 0 heterocycles. The minimum atomic E-state index is 0.389. The van der Waals surface area contributed by atoms with Gasteiger partial charge in [-0.1, -0.05) is 6.07 Å². The van der Waals surface area contributed by atoms with Gasteiger partial charge in [-0.2, -0.15) is 0 Å². The monoisotopic (exact) mass is 269 g/mol. The van der Waals surface area contributed by atoms with Gasteiger partial charge in [-0.15, -0.1) is 0 Å². The Hall–Kier alpha value is -0.540. The second-order valence-electron chi connectivity index (χ2n) is 4.38. The van der Waals surface area contributed by atoms with Gasteiger partial charge in [0, 0.05) is 12.1 Å². The fraction of sp³-hybridized carbons (Fsp3) is 0.500. The third-order valence-corrected chi connectivity index (χ3v) is 3.59. The van der Waals surface area contributed by atoms with Crippen molar-refractivity contribution in [3.8, 4) is 5.75 Å². The average molecular weight is 270 g/mol. The van der Waals surface area contributed by atoms with E-state index < -0.39 is 0 Å². The van der Waals surface area contributed by atoms with Crippen molar-refractivity contribution in [1.82, 2.24) is 5.32 Å². The number of ether oxygens (including phenoxy) is 1. The van der Waals surface area contributed by atoms with Crippen molar-refractivity contribution in [3.05, 3.63) is 28.2 Å². The standard InChI is InChI=1S/C12H16BrNO/c1-12(5-6-12)14-8-9-3-4-10(13)11(7-9)15-2/h3-4,7,14H,5-6,8H2,1-2H3. The van der Waals surface area contributed by atoms with Crippen LogP contribution in [0.1, 0.15) is 25.3 Å². The SMILES string of the molecule is COc1cc(CNC2(C)CC2)ccc1Br. The predicted octanol–water partition coefficient (Wildman–Crippen LogP) is 3.10. The van der Waals surface area contributed by atoms with Gasteiger partial charge in [-0.3, -0.25) is 0 Å². The summed E-state index contributed by atoms with van der Waals surface area (Å²) in [5, 5.41) is 3.55. The molecule has 1 N–H and O–H groups in total. The van der Waals surface area contributed by atoms with Crippen molar-refractivity contribution in [2.24, 2.45) is 0 Å². The summed E-state index contributed by atoms with van der Waals surface area (Å²) in [7, 11) is 1.69. The molecule has 0 aromatic heterocycles. The van der Waals surface area contributed by atoms with Gasteiger partial charge in [0.1, 0.15) is 5.75 Å². The van der Waals surface area contributed by atoms with Gasteiger partial charge < -0.3 is 10.1 Å². The maximum atomic E-state index is 5.26. The van der Waals surface area contributed by atoms with Crippen LogP contribution >= 0.6 is 15.9 Å². The summed E-state index contributed by atoms with van der Waals surface area (Å²) in [5.74, 6) is 0.898. The second-order valence-corrected chi connectivity index (χ2v) is 5.24. The van der Waals surface area contributed by atoms with Crippen LogP contribution in [-0.2, 0) is 6.54 Å². The quantitative estimate of drug-likeness (QED) is 0.907. The van der Waals surface area contributed by atoms with Gasteiger partial charge in [-0.25, -0.2) is 0 Å². The molecule has 15 heavy (non-hydrogen) atoms. The van der Waals surface area contributed by atoms with E-state index in [1.54, 1.807) is 7.11 Å². The maximum Gasteiger partial charge on any atom is 0.133 e. The number of nitrogens with one attached hydrogen (secondary N) is 1. The number of hydrogen-bond donors (Lipinski definition) is 1. The Morgan fingerprint density at radius 1 is 1.47 bits per heavy atom. The Balaban J connectivity index is 2.01. The molecule has 0 unspecified atom stereocenters. The summed E-state index contributed by atoms with van der Waals surface area (Å²) in [6.07, 6.45) is 2.58. The van der Waals surface area contributed by atoms with Crippen molar-refractivity contribution in [3.63, 3.8) is 0 Å². The molecular weight excluding hydrogens is 254 g/mol. The summed E-state index contributed by atoms with van der Waals surface area (Å²) in [6, 6.07) is 6.22. The van der Waals surface area contributed by atoms with Gasteiger partial charge in [-0.05, 0) is 53.4 Å². The maximum absolute atomic E-state index is 5.26. The first-order chi connectivity index (χ1) is 7.13. The second kappa shape index (κ2) is 4.14. The highest BCUT2D eigenvalue weighted by molar-refractivity contribution is 9.10. The van der Waals surface area contributed by atoms with Gasteiger partial charge >= 0.3 is 0 Å². The lowest BCUT2D eigenvalue weighted by Crippen LogP contribution is -2.26. The van der Waals surface area contributed by atoms with Crippen LogP contribution in [-0.4, -0.2) is 12.6 Å². The lowest BCUT2D eigenvalue weighted by atomic mass is 10.2. The zero-order valence-electron chi connectivity index (χ0n) is 9.14. The number of methoxy groups -OCH3 is 1. The van der Waals surface area contributed by atoms with E-state index in [1.165, 1.54) is 18.4 Å². The fourth-order valence-corrected chi connectivity index (χ4v) is 1.90. The van der Waals surface area contributed by atoms with Crippen LogP contribution in [0.3, 0.4) is 0 Å². The summed E-state index contributed by atoms with van der Waals surface area (Å²) in [5.41, 5.74) is 1.66. The molecule has 0 amide bonds. The molecule has 1 aliphatic carbocycles. The van der Waals surface area contributed by atoms with Crippen LogP contribution in [0.2, 0.25) is 0 Å². The lowest BCUT2D eigenvalue weighted by molar-refractivity contribution is 0.411. The Labute approximate surface area is 99.1 Å². The Morgan fingerprint density at radius 2 is 2.20 bits per heavy atom. The van der Waals surface area contributed by atoms with E-state index in [-0.39, 0.29) is 0 Å². The van der Waals surface area contributed by atoms with Crippen LogP contribution < -0.4 is 10.1 Å².